The number of hydrogen-bond donors (Lipinski definition) is 1. The predicted molar refractivity (Wildman–Crippen MR) is 123 cm³/mol. The van der Waals surface area contributed by atoms with Crippen molar-refractivity contribution in [1.82, 2.24) is 0 Å². The van der Waals surface area contributed by atoms with Crippen LogP contribution in [0.3, 0.4) is 0 Å². The van der Waals surface area contributed by atoms with Crippen molar-refractivity contribution in [2.24, 2.45) is 0 Å². The van der Waals surface area contributed by atoms with E-state index in [1.807, 2.05) is 24.3 Å². The third-order valence-corrected chi connectivity index (χ3v) is 6.22. The molecule has 1 N–H and O–H groups in total. The molecule has 0 saturated heterocycles. The van der Waals surface area contributed by atoms with Crippen molar-refractivity contribution >= 4 is 54.6 Å². The molecule has 5 nitrogen and oxygen atoms in total. The third kappa shape index (κ3) is 2.47. The van der Waals surface area contributed by atoms with Gasteiger partial charge in [-0.25, -0.2) is 0 Å². The fraction of sp³-hybridized carbons (Fsp3) is 0.231. The first kappa shape index (κ1) is 18.3. The lowest BCUT2D eigenvalue weighted by molar-refractivity contribution is 0.195. The molecule has 1 unspecified atom stereocenters. The molecule has 4 aromatic carbocycles. The summed E-state index contributed by atoms with van der Waals surface area (Å²) in [6.45, 7) is 5.83. The summed E-state index contributed by atoms with van der Waals surface area (Å²) in [6.07, 6.45) is -0.148. The molecule has 0 aliphatic carbocycles. The van der Waals surface area contributed by atoms with Crippen molar-refractivity contribution in [3.8, 4) is 0 Å². The number of aliphatic hydroxyl groups excluding tert-OH is 1. The molecule has 0 radical (unpaired) electrons. The maximum atomic E-state index is 13.0. The highest BCUT2D eigenvalue weighted by Crippen LogP contribution is 2.42. The van der Waals surface area contributed by atoms with Crippen molar-refractivity contribution in [1.29, 1.82) is 0 Å². The molecule has 154 valence electrons. The van der Waals surface area contributed by atoms with Gasteiger partial charge in [0.25, 0.3) is 0 Å². The molecule has 6 rings (SSSR count). The molecule has 0 aliphatic heterocycles. The molecule has 1 atom stereocenters. The quantitative estimate of drug-likeness (QED) is 0.316. The minimum atomic E-state index is -0.550. The van der Waals surface area contributed by atoms with Crippen LogP contribution in [0.15, 0.2) is 54.8 Å². The Morgan fingerprint density at radius 3 is 1.77 bits per heavy atom. The van der Waals surface area contributed by atoms with Crippen molar-refractivity contribution in [3.63, 3.8) is 0 Å². The van der Waals surface area contributed by atoms with Crippen LogP contribution in [0, 0.1) is 0 Å². The van der Waals surface area contributed by atoms with E-state index in [-0.39, 0.29) is 16.8 Å². The Hall–Kier alpha value is -3.44. The second-order valence-corrected chi connectivity index (χ2v) is 8.87. The van der Waals surface area contributed by atoms with E-state index in [4.69, 9.17) is 8.83 Å². The average molecular weight is 412 g/mol. The molecular weight excluding hydrogens is 392 g/mol. The van der Waals surface area contributed by atoms with Gasteiger partial charge in [-0.2, -0.15) is 0 Å². The maximum Gasteiger partial charge on any atom is 0.190 e. The highest BCUT2D eigenvalue weighted by atomic mass is 16.3. The van der Waals surface area contributed by atoms with Gasteiger partial charge >= 0.3 is 0 Å². The lowest BCUT2D eigenvalue weighted by Crippen LogP contribution is -2.08. The van der Waals surface area contributed by atoms with Crippen LogP contribution in [0.5, 0.6) is 0 Å². The van der Waals surface area contributed by atoms with E-state index in [1.165, 1.54) is 12.1 Å². The first-order valence-electron chi connectivity index (χ1n) is 10.5. The Kier molecular flexibility index (Phi) is 3.58. The summed E-state index contributed by atoms with van der Waals surface area (Å²) in [5.41, 5.74) is 3.59. The van der Waals surface area contributed by atoms with Gasteiger partial charge in [-0.1, -0.05) is 13.8 Å². The van der Waals surface area contributed by atoms with Gasteiger partial charge in [-0.15, -0.1) is 0 Å². The van der Waals surface area contributed by atoms with Gasteiger partial charge in [0.1, 0.15) is 22.3 Å². The van der Waals surface area contributed by atoms with Gasteiger partial charge < -0.3 is 13.9 Å². The highest BCUT2D eigenvalue weighted by molar-refractivity contribution is 6.31. The zero-order chi connectivity index (χ0) is 21.6. The van der Waals surface area contributed by atoms with E-state index in [9.17, 15) is 14.7 Å². The zero-order valence-corrected chi connectivity index (χ0v) is 17.4. The second-order valence-electron chi connectivity index (χ2n) is 8.87. The Morgan fingerprint density at radius 1 is 0.710 bits per heavy atom. The number of rotatable bonds is 3. The normalized spacial score (nSPS) is 13.7. The summed E-state index contributed by atoms with van der Waals surface area (Å²) >= 11 is 0. The van der Waals surface area contributed by atoms with Crippen LogP contribution >= 0.6 is 0 Å². The zero-order valence-electron chi connectivity index (χ0n) is 17.4. The Bertz CT molecular complexity index is 1750. The molecule has 2 heterocycles. The summed E-state index contributed by atoms with van der Waals surface area (Å²) in [5, 5.41) is 14.0. The van der Waals surface area contributed by atoms with Gasteiger partial charge in [0.2, 0.25) is 0 Å². The third-order valence-electron chi connectivity index (χ3n) is 6.22. The summed E-state index contributed by atoms with van der Waals surface area (Å²) in [6, 6.07) is 10.6. The first-order chi connectivity index (χ1) is 14.8. The SMILES string of the molecule is CC(O)Cc1cc2oc3cc(=O)c4cc(C(C)C)cc5oc6cc(=O)c(c1)c2c6c3c54. The fourth-order valence-corrected chi connectivity index (χ4v) is 4.85. The van der Waals surface area contributed by atoms with Crippen LogP contribution in [0.2, 0.25) is 0 Å². The van der Waals surface area contributed by atoms with Crippen molar-refractivity contribution in [2.45, 2.75) is 39.2 Å². The van der Waals surface area contributed by atoms with Crippen LogP contribution in [-0.2, 0) is 6.42 Å². The van der Waals surface area contributed by atoms with Crippen LogP contribution in [0.25, 0.3) is 54.6 Å². The van der Waals surface area contributed by atoms with Gasteiger partial charge in [0.15, 0.2) is 10.9 Å². The molecule has 5 heteroatoms. The van der Waals surface area contributed by atoms with Gasteiger partial charge in [-0.05, 0) is 54.7 Å². The Labute approximate surface area is 176 Å². The second kappa shape index (κ2) is 6.05. The van der Waals surface area contributed by atoms with E-state index >= 15 is 0 Å². The first-order valence-corrected chi connectivity index (χ1v) is 10.5. The average Bonchev–Trinajstić information content (AvgIpc) is 2.70. The largest absolute Gasteiger partial charge is 0.456 e. The van der Waals surface area contributed by atoms with E-state index in [2.05, 4.69) is 13.8 Å². The maximum absolute atomic E-state index is 13.0. The molecule has 31 heavy (non-hydrogen) atoms. The summed E-state index contributed by atoms with van der Waals surface area (Å²) in [7, 11) is 0. The molecule has 0 spiro atoms. The van der Waals surface area contributed by atoms with E-state index in [0.717, 1.165) is 27.3 Å². The molecule has 0 amide bonds. The molecule has 0 aliphatic rings. The molecule has 0 fully saturated rings. The fourth-order valence-electron chi connectivity index (χ4n) is 4.85. The van der Waals surface area contributed by atoms with Gasteiger partial charge in [0, 0.05) is 44.5 Å². The van der Waals surface area contributed by atoms with Crippen LogP contribution in [0.1, 0.15) is 37.8 Å². The number of benzene rings is 4. The molecule has 0 saturated carbocycles. The van der Waals surface area contributed by atoms with Crippen LogP contribution < -0.4 is 10.9 Å². The topological polar surface area (TPSA) is 80.7 Å². The summed E-state index contributed by atoms with van der Waals surface area (Å²) in [4.78, 5) is 26.0. The molecular formula is C26H20O5. The smallest absolute Gasteiger partial charge is 0.190 e. The monoisotopic (exact) mass is 412 g/mol. The molecule has 0 bridgehead atoms. The van der Waals surface area contributed by atoms with E-state index in [0.29, 0.717) is 44.9 Å². The Morgan fingerprint density at radius 2 is 1.23 bits per heavy atom. The lowest BCUT2D eigenvalue weighted by atomic mass is 9.92. The molecule has 6 aromatic rings. The van der Waals surface area contributed by atoms with Crippen molar-refractivity contribution in [2.75, 3.05) is 0 Å². The van der Waals surface area contributed by atoms with Crippen molar-refractivity contribution in [3.05, 3.63) is 68.0 Å². The predicted octanol–water partition coefficient (Wildman–Crippen LogP) is 5.28. The minimum Gasteiger partial charge on any atom is -0.456 e. The number of aliphatic hydroxyl groups is 1. The molecule has 2 aromatic heterocycles. The summed E-state index contributed by atoms with van der Waals surface area (Å²) < 4.78 is 12.4. The Balaban J connectivity index is 1.90. The van der Waals surface area contributed by atoms with E-state index in [1.54, 1.807) is 6.92 Å². The van der Waals surface area contributed by atoms with Crippen molar-refractivity contribution < 1.29 is 13.9 Å². The van der Waals surface area contributed by atoms with Gasteiger partial charge in [0.05, 0.1) is 6.10 Å². The lowest BCUT2D eigenvalue weighted by Gasteiger charge is -2.17. The standard InChI is InChI=1S/C26H20O5/c1-11(2)14-7-16-18(29)10-21-26-24(16)20(8-14)31-22-9-17(28)15-5-13(4-12(3)27)6-19(30-21)23(15)25(22)26/h5-12,27H,4H2,1-3H3. The van der Waals surface area contributed by atoms with Gasteiger partial charge in [-0.3, -0.25) is 9.59 Å². The van der Waals surface area contributed by atoms with E-state index < -0.39 is 6.10 Å². The highest BCUT2D eigenvalue weighted by Gasteiger charge is 2.23. The van der Waals surface area contributed by atoms with Crippen LogP contribution in [-0.4, -0.2) is 11.2 Å². The number of hydrogen-bond acceptors (Lipinski definition) is 5. The minimum absolute atomic E-state index is 0.121. The summed E-state index contributed by atoms with van der Waals surface area (Å²) in [5.74, 6) is 0.225. The van der Waals surface area contributed by atoms with Crippen LogP contribution in [0.4, 0.5) is 0 Å².